The predicted molar refractivity (Wildman–Crippen MR) is 81.9 cm³/mol. The number of carbonyl (C=O) groups excluding carboxylic acids is 4. The molecule has 0 amide bonds. The van der Waals surface area contributed by atoms with Gasteiger partial charge in [0, 0.05) is 23.9 Å². The summed E-state index contributed by atoms with van der Waals surface area (Å²) in [6.45, 7) is 6.68. The van der Waals surface area contributed by atoms with E-state index in [4.69, 9.17) is 0 Å². The van der Waals surface area contributed by atoms with Crippen LogP contribution in [0.25, 0.3) is 0 Å². The van der Waals surface area contributed by atoms with Crippen molar-refractivity contribution in [3.8, 4) is 0 Å². The van der Waals surface area contributed by atoms with Gasteiger partial charge in [-0.05, 0) is 25.7 Å². The van der Waals surface area contributed by atoms with E-state index < -0.39 is 23.9 Å². The summed E-state index contributed by atoms with van der Waals surface area (Å²) in [5.74, 6) is -3.91. The van der Waals surface area contributed by atoms with Gasteiger partial charge < -0.3 is 39.6 Å². The van der Waals surface area contributed by atoms with Crippen molar-refractivity contribution in [1.29, 1.82) is 0 Å². The summed E-state index contributed by atoms with van der Waals surface area (Å²) in [4.78, 5) is 37.5. The number of hydrogen-bond donors (Lipinski definition) is 0. The van der Waals surface area contributed by atoms with Crippen LogP contribution in [0.2, 0.25) is 0 Å². The van der Waals surface area contributed by atoms with Gasteiger partial charge in [-0.15, -0.1) is 0 Å². The molecule has 0 radical (unpaired) electrons. The third-order valence-electron chi connectivity index (χ3n) is 1.49. The molecule has 0 N–H and O–H groups in total. The Bertz CT molecular complexity index is 279. The van der Waals surface area contributed by atoms with E-state index in [1.54, 1.807) is 13.8 Å². The third kappa shape index (κ3) is 101. The van der Waals surface area contributed by atoms with Crippen LogP contribution in [-0.4, -0.2) is 70.0 Å². The second kappa shape index (κ2) is 33.9. The van der Waals surface area contributed by atoms with E-state index in [-0.39, 0.29) is 71.8 Å². The van der Waals surface area contributed by atoms with Crippen molar-refractivity contribution >= 4 is 70.0 Å². The molecule has 0 unspecified atom stereocenters. The molecule has 0 rings (SSSR count). The molecule has 0 aliphatic rings. The van der Waals surface area contributed by atoms with Crippen LogP contribution in [-0.2, 0) is 19.2 Å². The standard InChI is InChI=1S/2C4H8O2.2C3H6O2.2Mg/c2*1-2-3-4(5)6;2*1-2-3(4)5;;/h2*2-3H2,1H3,(H,5,6);2*2H2,1H3,(H,4,5);;/q;;;;2*+2/p-4. The molecule has 0 aromatic carbocycles. The molecule has 0 aromatic heterocycles. The summed E-state index contributed by atoms with van der Waals surface area (Å²) in [6, 6.07) is 0. The molecule has 0 saturated heterocycles. The number of aliphatic carboxylic acids is 4. The smallest absolute Gasteiger partial charge is 0.550 e. The van der Waals surface area contributed by atoms with E-state index in [0.717, 1.165) is 0 Å². The molecule has 0 aromatic rings. The van der Waals surface area contributed by atoms with E-state index >= 15 is 0 Å². The van der Waals surface area contributed by atoms with Gasteiger partial charge in [-0.1, -0.05) is 40.5 Å². The summed E-state index contributed by atoms with van der Waals surface area (Å²) in [7, 11) is 0. The number of carboxylic acid groups (broad SMARTS) is 4. The van der Waals surface area contributed by atoms with Gasteiger partial charge in [-0.25, -0.2) is 0 Å². The van der Waals surface area contributed by atoms with E-state index in [1.165, 1.54) is 13.8 Å². The quantitative estimate of drug-likeness (QED) is 0.438. The van der Waals surface area contributed by atoms with Crippen molar-refractivity contribution in [2.24, 2.45) is 0 Å². The summed E-state index contributed by atoms with van der Waals surface area (Å²) in [5, 5.41) is 37.5. The molecule has 24 heavy (non-hydrogen) atoms. The van der Waals surface area contributed by atoms with Crippen molar-refractivity contribution < 1.29 is 39.6 Å². The predicted octanol–water partition coefficient (Wildman–Crippen LogP) is -3.40. The molecular formula is C14H24Mg2O8. The minimum Gasteiger partial charge on any atom is -0.550 e. The van der Waals surface area contributed by atoms with Gasteiger partial charge in [0.05, 0.1) is 0 Å². The second-order valence-corrected chi connectivity index (χ2v) is 3.70. The number of carboxylic acids is 4. The molecule has 0 saturated carbocycles. The second-order valence-electron chi connectivity index (χ2n) is 3.70. The monoisotopic (exact) mass is 368 g/mol. The SMILES string of the molecule is CCC(=O)[O-].CCC(=O)[O-].CCCC(=O)[O-].CCCC(=O)[O-].[Mg+2].[Mg+2]. The molecule has 10 heteroatoms. The Hall–Kier alpha value is -0.588. The van der Waals surface area contributed by atoms with Crippen LogP contribution in [0.3, 0.4) is 0 Å². The molecule has 132 valence electrons. The van der Waals surface area contributed by atoms with E-state index in [2.05, 4.69) is 0 Å². The van der Waals surface area contributed by atoms with E-state index in [1.807, 2.05) is 0 Å². The number of hydrogen-bond acceptors (Lipinski definition) is 8. The minimum absolute atomic E-state index is 0. The molecule has 0 aliphatic heterocycles. The van der Waals surface area contributed by atoms with Crippen molar-refractivity contribution in [3.63, 3.8) is 0 Å². The average Bonchev–Trinajstić information content (AvgIpc) is 2.40. The molecule has 0 bridgehead atoms. The van der Waals surface area contributed by atoms with Gasteiger partial charge in [-0.3, -0.25) is 0 Å². The van der Waals surface area contributed by atoms with Crippen molar-refractivity contribution in [3.05, 3.63) is 0 Å². The summed E-state index contributed by atoms with van der Waals surface area (Å²) >= 11 is 0. The Morgan fingerprint density at radius 2 is 0.708 bits per heavy atom. The van der Waals surface area contributed by atoms with Crippen LogP contribution in [0, 0.1) is 0 Å². The fraction of sp³-hybridized carbons (Fsp3) is 0.714. The Morgan fingerprint density at radius 3 is 0.708 bits per heavy atom. The maximum absolute atomic E-state index is 9.49. The molecule has 0 fully saturated rings. The largest absolute Gasteiger partial charge is 2.00 e. The molecule has 0 aliphatic carbocycles. The van der Waals surface area contributed by atoms with Crippen LogP contribution in [0.4, 0.5) is 0 Å². The van der Waals surface area contributed by atoms with Gasteiger partial charge in [0.25, 0.3) is 0 Å². The maximum Gasteiger partial charge on any atom is 2.00 e. The first-order valence-corrected chi connectivity index (χ1v) is 6.88. The summed E-state index contributed by atoms with van der Waals surface area (Å²) < 4.78 is 0. The van der Waals surface area contributed by atoms with Crippen LogP contribution in [0.5, 0.6) is 0 Å². The van der Waals surface area contributed by atoms with Gasteiger partial charge in [0.2, 0.25) is 0 Å². The Labute approximate surface area is 175 Å². The maximum atomic E-state index is 9.49. The first-order chi connectivity index (χ1) is 10.1. The van der Waals surface area contributed by atoms with Gasteiger partial charge in [-0.2, -0.15) is 0 Å². The van der Waals surface area contributed by atoms with Gasteiger partial charge in [0.1, 0.15) is 0 Å². The normalized spacial score (nSPS) is 7.17. The van der Waals surface area contributed by atoms with Crippen LogP contribution < -0.4 is 20.4 Å². The topological polar surface area (TPSA) is 161 Å². The molecule has 0 spiro atoms. The molecule has 8 nitrogen and oxygen atoms in total. The van der Waals surface area contributed by atoms with Crippen LogP contribution >= 0.6 is 0 Å². The minimum atomic E-state index is -0.995. The Morgan fingerprint density at radius 1 is 0.542 bits per heavy atom. The van der Waals surface area contributed by atoms with E-state index in [9.17, 15) is 39.6 Å². The zero-order chi connectivity index (χ0) is 18.6. The van der Waals surface area contributed by atoms with E-state index in [0.29, 0.717) is 12.8 Å². The average molecular weight is 369 g/mol. The van der Waals surface area contributed by atoms with Crippen LogP contribution in [0.15, 0.2) is 0 Å². The van der Waals surface area contributed by atoms with Crippen molar-refractivity contribution in [1.82, 2.24) is 0 Å². The number of carbonyl (C=O) groups is 4. The number of rotatable bonds is 6. The summed E-state index contributed by atoms with van der Waals surface area (Å²) in [6.07, 6.45) is 1.92. The van der Waals surface area contributed by atoms with Crippen molar-refractivity contribution in [2.45, 2.75) is 66.2 Å². The Kier molecular flexibility index (Phi) is 54.8. The van der Waals surface area contributed by atoms with Gasteiger partial charge in [0.15, 0.2) is 0 Å². The summed E-state index contributed by atoms with van der Waals surface area (Å²) in [5.41, 5.74) is 0. The first kappa shape index (κ1) is 38.8. The van der Waals surface area contributed by atoms with Gasteiger partial charge >= 0.3 is 46.1 Å². The van der Waals surface area contributed by atoms with Crippen molar-refractivity contribution in [2.75, 3.05) is 0 Å². The first-order valence-electron chi connectivity index (χ1n) is 6.88. The zero-order valence-electron chi connectivity index (χ0n) is 14.9. The fourth-order valence-electron chi connectivity index (χ4n) is 0.408. The van der Waals surface area contributed by atoms with Crippen LogP contribution in [0.1, 0.15) is 66.2 Å². The third-order valence-corrected chi connectivity index (χ3v) is 1.49. The molecular weight excluding hydrogens is 345 g/mol. The molecule has 0 atom stereocenters. The Balaban J connectivity index is -0.0000000439. The zero-order valence-corrected chi connectivity index (χ0v) is 17.8. The fourth-order valence-corrected chi connectivity index (χ4v) is 0.408. The molecule has 0 heterocycles.